The summed E-state index contributed by atoms with van der Waals surface area (Å²) in [4.78, 5) is 16.5. The van der Waals surface area contributed by atoms with E-state index in [2.05, 4.69) is 31.9 Å². The Morgan fingerprint density at radius 1 is 1.00 bits per heavy atom. The van der Waals surface area contributed by atoms with E-state index in [9.17, 15) is 4.79 Å². The number of hydrogen-bond acceptors (Lipinski definition) is 4. The highest BCUT2D eigenvalue weighted by atomic mass is 79.9. The van der Waals surface area contributed by atoms with Crippen LogP contribution >= 0.6 is 55.7 Å². The van der Waals surface area contributed by atoms with Gasteiger partial charge in [-0.3, -0.25) is 9.69 Å². The van der Waals surface area contributed by atoms with Crippen LogP contribution in [0.1, 0.15) is 18.1 Å². The van der Waals surface area contributed by atoms with Crippen LogP contribution in [0.4, 0.5) is 5.69 Å². The lowest BCUT2D eigenvalue weighted by Gasteiger charge is -2.16. The van der Waals surface area contributed by atoms with E-state index >= 15 is 0 Å². The lowest BCUT2D eigenvalue weighted by atomic mass is 10.1. The van der Waals surface area contributed by atoms with E-state index in [-0.39, 0.29) is 5.91 Å². The molecule has 0 aromatic heterocycles. The monoisotopic (exact) mass is 634 g/mol. The Kier molecular flexibility index (Phi) is 8.16. The van der Waals surface area contributed by atoms with Crippen LogP contribution in [0, 0.1) is 0 Å². The summed E-state index contributed by atoms with van der Waals surface area (Å²) in [6, 6.07) is 18.6. The molecule has 3 aromatic carbocycles. The molecule has 1 aliphatic heterocycles. The van der Waals surface area contributed by atoms with E-state index in [1.54, 1.807) is 11.9 Å². The molecule has 1 amide bonds. The first-order chi connectivity index (χ1) is 16.8. The van der Waals surface area contributed by atoms with Crippen LogP contribution < -0.4 is 14.4 Å². The lowest BCUT2D eigenvalue weighted by Crippen LogP contribution is -2.31. The number of benzene rings is 3. The third-order valence-electron chi connectivity index (χ3n) is 5.29. The highest BCUT2D eigenvalue weighted by molar-refractivity contribution is 9.11. The molecule has 4 rings (SSSR count). The van der Waals surface area contributed by atoms with Gasteiger partial charge in [-0.05, 0) is 117 Å². The molecule has 0 spiro atoms. The molecule has 0 unspecified atom stereocenters. The number of anilines is 1. The molecule has 1 fully saturated rings. The molecule has 180 valence electrons. The number of likely N-dealkylation sites (N-methyl/N-ethyl adjacent to an activating group) is 1. The smallest absolute Gasteiger partial charge is 0.281 e. The summed E-state index contributed by atoms with van der Waals surface area (Å²) in [7, 11) is 1.79. The van der Waals surface area contributed by atoms with Gasteiger partial charge in [0.2, 0.25) is 0 Å². The minimum atomic E-state index is -0.197. The first kappa shape index (κ1) is 25.7. The number of halogens is 3. The van der Waals surface area contributed by atoms with Crippen molar-refractivity contribution in [2.24, 2.45) is 0 Å². The molecule has 1 saturated heterocycles. The van der Waals surface area contributed by atoms with E-state index in [0.717, 1.165) is 25.8 Å². The van der Waals surface area contributed by atoms with Crippen molar-refractivity contribution >= 4 is 78.5 Å². The van der Waals surface area contributed by atoms with Gasteiger partial charge in [0.1, 0.15) is 23.8 Å². The summed E-state index contributed by atoms with van der Waals surface area (Å²) in [6.45, 7) is 2.89. The number of ether oxygens (including phenoxy) is 2. The average molecular weight is 637 g/mol. The fourth-order valence-corrected chi connectivity index (χ4v) is 5.40. The number of rotatable bonds is 7. The van der Waals surface area contributed by atoms with Gasteiger partial charge in [-0.2, -0.15) is 0 Å². The van der Waals surface area contributed by atoms with Gasteiger partial charge in [-0.1, -0.05) is 23.7 Å². The normalized spacial score (nSPS) is 14.7. The second-order valence-electron chi connectivity index (χ2n) is 7.67. The highest BCUT2D eigenvalue weighted by Gasteiger charge is 2.36. The van der Waals surface area contributed by atoms with E-state index in [1.807, 2.05) is 73.7 Å². The number of carbonyl (C=O) groups is 1. The zero-order chi connectivity index (χ0) is 25.1. The Hall–Kier alpha value is -2.39. The van der Waals surface area contributed by atoms with Crippen molar-refractivity contribution in [2.75, 3.05) is 18.6 Å². The Morgan fingerprint density at radius 2 is 1.63 bits per heavy atom. The SMILES string of the molecule is CCOc1ccc(N2C(=O)/C(=C/c3cc(Br)c(OCc4ccc(Cl)cc4)c(Br)c3)N(C)C2=S)cc1. The van der Waals surface area contributed by atoms with Crippen molar-refractivity contribution in [1.82, 2.24) is 4.90 Å². The molecule has 35 heavy (non-hydrogen) atoms. The molecule has 1 aliphatic rings. The number of nitrogens with zero attached hydrogens (tertiary/aromatic N) is 2. The number of thiocarbonyl (C=S) groups is 1. The minimum Gasteiger partial charge on any atom is -0.494 e. The quantitative estimate of drug-likeness (QED) is 0.199. The summed E-state index contributed by atoms with van der Waals surface area (Å²) in [5.74, 6) is 1.21. The summed E-state index contributed by atoms with van der Waals surface area (Å²) in [5, 5.41) is 1.09. The topological polar surface area (TPSA) is 42.0 Å². The molecule has 0 radical (unpaired) electrons. The Labute approximate surface area is 231 Å². The van der Waals surface area contributed by atoms with Gasteiger partial charge < -0.3 is 14.4 Å². The average Bonchev–Trinajstić information content (AvgIpc) is 3.03. The molecule has 1 heterocycles. The maximum absolute atomic E-state index is 13.3. The maximum Gasteiger partial charge on any atom is 0.281 e. The lowest BCUT2D eigenvalue weighted by molar-refractivity contribution is -0.114. The zero-order valence-electron chi connectivity index (χ0n) is 18.9. The van der Waals surface area contributed by atoms with Crippen molar-refractivity contribution in [3.63, 3.8) is 0 Å². The predicted molar refractivity (Wildman–Crippen MR) is 151 cm³/mol. The largest absolute Gasteiger partial charge is 0.494 e. The van der Waals surface area contributed by atoms with E-state index in [0.29, 0.717) is 40.5 Å². The maximum atomic E-state index is 13.3. The molecule has 0 saturated carbocycles. The van der Waals surface area contributed by atoms with E-state index in [1.165, 1.54) is 4.90 Å². The fourth-order valence-electron chi connectivity index (χ4n) is 3.54. The van der Waals surface area contributed by atoms with Gasteiger partial charge in [0.15, 0.2) is 5.11 Å². The second kappa shape index (κ2) is 11.1. The standard InChI is InChI=1S/C26H21Br2ClN2O3S/c1-3-33-20-10-8-19(9-11-20)31-25(32)23(30(2)26(31)35)14-17-12-21(27)24(22(28)13-17)34-15-16-4-6-18(29)7-5-16/h4-14H,3,15H2,1-2H3/b23-14-. The molecule has 0 N–H and O–H groups in total. The molecule has 0 bridgehead atoms. The molecule has 9 heteroatoms. The second-order valence-corrected chi connectivity index (χ2v) is 10.2. The van der Waals surface area contributed by atoms with Gasteiger partial charge in [0, 0.05) is 12.1 Å². The number of amides is 1. The fraction of sp³-hybridized carbons (Fsp3) is 0.154. The molecule has 5 nitrogen and oxygen atoms in total. The Balaban J connectivity index is 1.55. The van der Waals surface area contributed by atoms with Crippen LogP contribution in [-0.2, 0) is 11.4 Å². The molecule has 0 atom stereocenters. The third kappa shape index (κ3) is 5.72. The van der Waals surface area contributed by atoms with Gasteiger partial charge in [0.25, 0.3) is 5.91 Å². The predicted octanol–water partition coefficient (Wildman–Crippen LogP) is 7.45. The van der Waals surface area contributed by atoms with Crippen molar-refractivity contribution in [1.29, 1.82) is 0 Å². The molecular weight excluding hydrogens is 616 g/mol. The van der Waals surface area contributed by atoms with Crippen LogP contribution in [0.3, 0.4) is 0 Å². The van der Waals surface area contributed by atoms with Crippen LogP contribution in [-0.4, -0.2) is 29.6 Å². The van der Waals surface area contributed by atoms with Crippen molar-refractivity contribution in [2.45, 2.75) is 13.5 Å². The molecule has 0 aliphatic carbocycles. The summed E-state index contributed by atoms with van der Waals surface area (Å²) in [5.41, 5.74) is 2.97. The van der Waals surface area contributed by atoms with Crippen molar-refractivity contribution in [3.05, 3.63) is 91.5 Å². The summed E-state index contributed by atoms with van der Waals surface area (Å²) >= 11 is 18.7. The van der Waals surface area contributed by atoms with Crippen LogP contribution in [0.25, 0.3) is 6.08 Å². The van der Waals surface area contributed by atoms with Gasteiger partial charge >= 0.3 is 0 Å². The van der Waals surface area contributed by atoms with Crippen molar-refractivity contribution < 1.29 is 14.3 Å². The van der Waals surface area contributed by atoms with E-state index < -0.39 is 0 Å². The molecule has 3 aromatic rings. The first-order valence-electron chi connectivity index (χ1n) is 10.7. The number of hydrogen-bond donors (Lipinski definition) is 0. The van der Waals surface area contributed by atoms with Crippen LogP contribution in [0.15, 0.2) is 75.3 Å². The van der Waals surface area contributed by atoms with Crippen LogP contribution in [0.2, 0.25) is 5.02 Å². The van der Waals surface area contributed by atoms with Crippen LogP contribution in [0.5, 0.6) is 11.5 Å². The van der Waals surface area contributed by atoms with E-state index in [4.69, 9.17) is 33.3 Å². The Bertz CT molecular complexity index is 1270. The summed E-state index contributed by atoms with van der Waals surface area (Å²) in [6.07, 6.45) is 1.81. The molecular formula is C26H21Br2ClN2O3S. The van der Waals surface area contributed by atoms with Gasteiger partial charge in [-0.15, -0.1) is 0 Å². The highest BCUT2D eigenvalue weighted by Crippen LogP contribution is 2.37. The van der Waals surface area contributed by atoms with Crippen molar-refractivity contribution in [3.8, 4) is 11.5 Å². The third-order valence-corrected chi connectivity index (χ3v) is 7.17. The number of carbonyl (C=O) groups excluding carboxylic acids is 1. The Morgan fingerprint density at radius 3 is 2.23 bits per heavy atom. The summed E-state index contributed by atoms with van der Waals surface area (Å²) < 4.78 is 13.0. The van der Waals surface area contributed by atoms with Gasteiger partial charge in [-0.25, -0.2) is 0 Å². The zero-order valence-corrected chi connectivity index (χ0v) is 23.7. The first-order valence-corrected chi connectivity index (χ1v) is 13.1. The van der Waals surface area contributed by atoms with Gasteiger partial charge in [0.05, 0.1) is 21.2 Å². The minimum absolute atomic E-state index is 0.197.